The molecule has 0 aromatic heterocycles. The Labute approximate surface area is 120 Å². The Kier molecular flexibility index (Phi) is 4.33. The standard InChI is InChI=1S/C16H23NO3/c1-16(2,3)20-15(18)14-10-17-9-13(14)11-6-5-7-12(8-11)19-4/h5-8,13-14,17H,9-10H2,1-4H3. The average Bonchev–Trinajstić information content (AvgIpc) is 2.86. The Morgan fingerprint density at radius 3 is 2.70 bits per heavy atom. The molecule has 1 saturated heterocycles. The Morgan fingerprint density at radius 1 is 1.30 bits per heavy atom. The van der Waals surface area contributed by atoms with Crippen LogP contribution in [0.2, 0.25) is 0 Å². The fourth-order valence-corrected chi connectivity index (χ4v) is 2.53. The maximum Gasteiger partial charge on any atom is 0.311 e. The van der Waals surface area contributed by atoms with Crippen LogP contribution in [0.1, 0.15) is 32.3 Å². The summed E-state index contributed by atoms with van der Waals surface area (Å²) in [5.41, 5.74) is 0.670. The summed E-state index contributed by atoms with van der Waals surface area (Å²) in [5, 5.41) is 3.28. The summed E-state index contributed by atoms with van der Waals surface area (Å²) in [7, 11) is 1.65. The lowest BCUT2D eigenvalue weighted by Crippen LogP contribution is -2.31. The normalized spacial score (nSPS) is 22.6. The largest absolute Gasteiger partial charge is 0.497 e. The van der Waals surface area contributed by atoms with Gasteiger partial charge in [0.05, 0.1) is 13.0 Å². The second-order valence-corrected chi connectivity index (χ2v) is 6.18. The van der Waals surface area contributed by atoms with Crippen molar-refractivity contribution in [2.24, 2.45) is 5.92 Å². The first-order valence-corrected chi connectivity index (χ1v) is 6.98. The van der Waals surface area contributed by atoms with E-state index in [0.29, 0.717) is 6.54 Å². The van der Waals surface area contributed by atoms with Crippen LogP contribution in [0.3, 0.4) is 0 Å². The molecule has 1 fully saturated rings. The van der Waals surface area contributed by atoms with Gasteiger partial charge in [0.2, 0.25) is 0 Å². The van der Waals surface area contributed by atoms with Gasteiger partial charge in [-0.15, -0.1) is 0 Å². The van der Waals surface area contributed by atoms with E-state index in [-0.39, 0.29) is 17.8 Å². The first-order valence-electron chi connectivity index (χ1n) is 6.98. The number of ether oxygens (including phenoxy) is 2. The van der Waals surface area contributed by atoms with Gasteiger partial charge in [-0.1, -0.05) is 12.1 Å². The quantitative estimate of drug-likeness (QED) is 0.862. The summed E-state index contributed by atoms with van der Waals surface area (Å²) in [6.07, 6.45) is 0. The minimum atomic E-state index is -0.446. The van der Waals surface area contributed by atoms with Gasteiger partial charge >= 0.3 is 5.97 Å². The lowest BCUT2D eigenvalue weighted by Gasteiger charge is -2.24. The van der Waals surface area contributed by atoms with Crippen LogP contribution in [-0.2, 0) is 9.53 Å². The van der Waals surface area contributed by atoms with E-state index >= 15 is 0 Å². The fraction of sp³-hybridized carbons (Fsp3) is 0.562. The van der Waals surface area contributed by atoms with E-state index in [1.807, 2.05) is 45.0 Å². The molecule has 1 N–H and O–H groups in total. The van der Waals surface area contributed by atoms with Gasteiger partial charge in [-0.2, -0.15) is 0 Å². The Bertz CT molecular complexity index is 479. The number of carbonyl (C=O) groups is 1. The summed E-state index contributed by atoms with van der Waals surface area (Å²) >= 11 is 0. The van der Waals surface area contributed by atoms with Crippen LogP contribution in [-0.4, -0.2) is 31.8 Å². The van der Waals surface area contributed by atoms with Crippen molar-refractivity contribution in [1.29, 1.82) is 0 Å². The summed E-state index contributed by atoms with van der Waals surface area (Å²) in [5.74, 6) is 0.689. The molecule has 0 amide bonds. The smallest absolute Gasteiger partial charge is 0.311 e. The fourth-order valence-electron chi connectivity index (χ4n) is 2.53. The minimum Gasteiger partial charge on any atom is -0.497 e. The van der Waals surface area contributed by atoms with E-state index in [1.54, 1.807) is 7.11 Å². The molecule has 2 rings (SSSR count). The van der Waals surface area contributed by atoms with Crippen molar-refractivity contribution in [1.82, 2.24) is 5.32 Å². The number of nitrogens with one attached hydrogen (secondary N) is 1. The van der Waals surface area contributed by atoms with Crippen molar-refractivity contribution in [3.05, 3.63) is 29.8 Å². The van der Waals surface area contributed by atoms with Gasteiger partial charge < -0.3 is 14.8 Å². The van der Waals surface area contributed by atoms with Crippen LogP contribution >= 0.6 is 0 Å². The maximum absolute atomic E-state index is 12.3. The van der Waals surface area contributed by atoms with Gasteiger partial charge in [0, 0.05) is 19.0 Å². The molecule has 2 unspecified atom stereocenters. The molecule has 0 radical (unpaired) electrons. The molecule has 4 heteroatoms. The Balaban J connectivity index is 2.16. The van der Waals surface area contributed by atoms with Crippen LogP contribution in [0.5, 0.6) is 5.75 Å². The number of benzene rings is 1. The van der Waals surface area contributed by atoms with E-state index in [1.165, 1.54) is 0 Å². The van der Waals surface area contributed by atoms with Crippen molar-refractivity contribution in [3.63, 3.8) is 0 Å². The second kappa shape index (κ2) is 5.83. The molecule has 0 saturated carbocycles. The number of esters is 1. The van der Waals surface area contributed by atoms with Gasteiger partial charge in [0.25, 0.3) is 0 Å². The zero-order chi connectivity index (χ0) is 14.8. The van der Waals surface area contributed by atoms with Crippen molar-refractivity contribution in [2.75, 3.05) is 20.2 Å². The van der Waals surface area contributed by atoms with Crippen LogP contribution in [0.4, 0.5) is 0 Å². The zero-order valence-corrected chi connectivity index (χ0v) is 12.6. The molecule has 0 aliphatic carbocycles. The molecule has 0 spiro atoms. The first kappa shape index (κ1) is 14.9. The number of hydrogen-bond donors (Lipinski definition) is 1. The summed E-state index contributed by atoms with van der Waals surface area (Å²) in [6, 6.07) is 7.90. The third-order valence-corrected chi connectivity index (χ3v) is 3.45. The third-order valence-electron chi connectivity index (χ3n) is 3.45. The SMILES string of the molecule is COc1cccc(C2CNCC2C(=O)OC(C)(C)C)c1. The van der Waals surface area contributed by atoms with E-state index in [0.717, 1.165) is 17.9 Å². The molecule has 1 aromatic rings. The molecule has 110 valence electrons. The van der Waals surface area contributed by atoms with Crippen molar-refractivity contribution < 1.29 is 14.3 Å². The lowest BCUT2D eigenvalue weighted by atomic mass is 9.88. The molecule has 1 heterocycles. The predicted molar refractivity (Wildman–Crippen MR) is 77.9 cm³/mol. The van der Waals surface area contributed by atoms with Gasteiger partial charge in [0.1, 0.15) is 11.4 Å². The van der Waals surface area contributed by atoms with Crippen molar-refractivity contribution in [3.8, 4) is 5.75 Å². The number of methoxy groups -OCH3 is 1. The van der Waals surface area contributed by atoms with E-state index in [4.69, 9.17) is 9.47 Å². The molecule has 1 aliphatic rings. The number of carbonyl (C=O) groups excluding carboxylic acids is 1. The third kappa shape index (κ3) is 3.51. The van der Waals surface area contributed by atoms with Crippen LogP contribution < -0.4 is 10.1 Å². The topological polar surface area (TPSA) is 47.6 Å². The van der Waals surface area contributed by atoms with Gasteiger partial charge in [-0.3, -0.25) is 4.79 Å². The summed E-state index contributed by atoms with van der Waals surface area (Å²) in [4.78, 5) is 12.3. The highest BCUT2D eigenvalue weighted by atomic mass is 16.6. The van der Waals surface area contributed by atoms with Crippen LogP contribution in [0, 0.1) is 5.92 Å². The molecule has 1 aromatic carbocycles. The van der Waals surface area contributed by atoms with Crippen molar-refractivity contribution in [2.45, 2.75) is 32.3 Å². The molecule has 1 aliphatic heterocycles. The molecular formula is C16H23NO3. The zero-order valence-electron chi connectivity index (χ0n) is 12.6. The molecular weight excluding hydrogens is 254 g/mol. The monoisotopic (exact) mass is 277 g/mol. The second-order valence-electron chi connectivity index (χ2n) is 6.18. The predicted octanol–water partition coefficient (Wildman–Crippen LogP) is 2.34. The molecule has 0 bridgehead atoms. The van der Waals surface area contributed by atoms with Gasteiger partial charge in [-0.05, 0) is 38.5 Å². The summed E-state index contributed by atoms with van der Waals surface area (Å²) < 4.78 is 10.8. The Hall–Kier alpha value is -1.55. The first-order chi connectivity index (χ1) is 9.40. The van der Waals surface area contributed by atoms with E-state index < -0.39 is 5.60 Å². The highest BCUT2D eigenvalue weighted by Crippen LogP contribution is 2.31. The van der Waals surface area contributed by atoms with Crippen LogP contribution in [0.15, 0.2) is 24.3 Å². The molecule has 20 heavy (non-hydrogen) atoms. The highest BCUT2D eigenvalue weighted by Gasteiger charge is 2.36. The van der Waals surface area contributed by atoms with E-state index in [2.05, 4.69) is 5.32 Å². The lowest BCUT2D eigenvalue weighted by molar-refractivity contribution is -0.159. The van der Waals surface area contributed by atoms with E-state index in [9.17, 15) is 4.79 Å². The maximum atomic E-state index is 12.3. The van der Waals surface area contributed by atoms with Gasteiger partial charge in [-0.25, -0.2) is 0 Å². The Morgan fingerprint density at radius 2 is 2.05 bits per heavy atom. The highest BCUT2D eigenvalue weighted by molar-refractivity contribution is 5.75. The summed E-state index contributed by atoms with van der Waals surface area (Å²) in [6.45, 7) is 7.14. The molecule has 4 nitrogen and oxygen atoms in total. The van der Waals surface area contributed by atoms with Crippen molar-refractivity contribution >= 4 is 5.97 Å². The average molecular weight is 277 g/mol. The number of hydrogen-bond acceptors (Lipinski definition) is 4. The number of rotatable bonds is 3. The minimum absolute atomic E-state index is 0.129. The molecule has 2 atom stereocenters. The van der Waals surface area contributed by atoms with Gasteiger partial charge in [0.15, 0.2) is 0 Å². The van der Waals surface area contributed by atoms with Crippen LogP contribution in [0.25, 0.3) is 0 Å².